The average molecular weight is 471 g/mol. The lowest BCUT2D eigenvalue weighted by molar-refractivity contribution is -0.113. The second-order valence-electron chi connectivity index (χ2n) is 7.71. The van der Waals surface area contributed by atoms with Crippen LogP contribution in [0.4, 0.5) is 5.69 Å². The third kappa shape index (κ3) is 6.14. The number of thioether (sulfide) groups is 1. The molecule has 0 fully saturated rings. The van der Waals surface area contributed by atoms with E-state index < -0.39 is 0 Å². The van der Waals surface area contributed by atoms with Gasteiger partial charge in [-0.15, -0.1) is 16.8 Å². The summed E-state index contributed by atoms with van der Waals surface area (Å²) in [5.74, 6) is 2.18. The summed E-state index contributed by atoms with van der Waals surface area (Å²) in [6.45, 7) is 6.45. The molecule has 1 heterocycles. The lowest BCUT2D eigenvalue weighted by atomic mass is 10.1. The van der Waals surface area contributed by atoms with Crippen LogP contribution in [-0.4, -0.2) is 26.4 Å². The highest BCUT2D eigenvalue weighted by Crippen LogP contribution is 2.30. The molecule has 172 valence electrons. The number of ether oxygens (including phenoxy) is 1. The molecule has 0 bridgehead atoms. The molecule has 7 heteroatoms. The molecule has 1 amide bonds. The minimum atomic E-state index is -0.150. The molecule has 1 N–H and O–H groups in total. The Morgan fingerprint density at radius 2 is 1.76 bits per heavy atom. The van der Waals surface area contributed by atoms with Gasteiger partial charge in [-0.25, -0.2) is 0 Å². The number of hydrogen-bond acceptors (Lipinski definition) is 5. The topological polar surface area (TPSA) is 69.0 Å². The van der Waals surface area contributed by atoms with Crippen molar-refractivity contribution in [2.45, 2.75) is 25.0 Å². The van der Waals surface area contributed by atoms with Crippen LogP contribution in [0.3, 0.4) is 0 Å². The van der Waals surface area contributed by atoms with E-state index in [-0.39, 0.29) is 11.7 Å². The van der Waals surface area contributed by atoms with Gasteiger partial charge in [0.2, 0.25) is 5.91 Å². The highest BCUT2D eigenvalue weighted by Gasteiger charge is 2.15. The number of aryl methyl sites for hydroxylation is 1. The van der Waals surface area contributed by atoms with Crippen molar-refractivity contribution in [1.29, 1.82) is 0 Å². The van der Waals surface area contributed by atoms with Crippen molar-refractivity contribution < 1.29 is 9.53 Å². The summed E-state index contributed by atoms with van der Waals surface area (Å²) in [7, 11) is 0. The molecule has 0 spiro atoms. The second-order valence-corrected chi connectivity index (χ2v) is 8.65. The summed E-state index contributed by atoms with van der Waals surface area (Å²) in [6, 6.07) is 25.3. The SMILES string of the molecule is C=CCn1c(Cc2ccccc2)nnc1SCC(=O)Nc1ccccc1Oc1ccc(C)cc1. The van der Waals surface area contributed by atoms with Crippen LogP contribution in [0.5, 0.6) is 11.5 Å². The first-order chi connectivity index (χ1) is 16.6. The molecular formula is C27H26N4O2S. The summed E-state index contributed by atoms with van der Waals surface area (Å²) in [5, 5.41) is 12.3. The van der Waals surface area contributed by atoms with Crippen molar-refractivity contribution >= 4 is 23.4 Å². The van der Waals surface area contributed by atoms with E-state index >= 15 is 0 Å². The fourth-order valence-corrected chi connectivity index (χ4v) is 4.12. The number of allylic oxidation sites excluding steroid dienone is 1. The van der Waals surface area contributed by atoms with Crippen molar-refractivity contribution in [2.75, 3.05) is 11.1 Å². The van der Waals surface area contributed by atoms with Crippen LogP contribution in [0, 0.1) is 6.92 Å². The van der Waals surface area contributed by atoms with Crippen molar-refractivity contribution in [3.05, 3.63) is 108 Å². The van der Waals surface area contributed by atoms with E-state index in [1.54, 1.807) is 6.08 Å². The van der Waals surface area contributed by atoms with Gasteiger partial charge < -0.3 is 14.6 Å². The number of anilines is 1. The minimum absolute atomic E-state index is 0.150. The number of nitrogens with one attached hydrogen (secondary N) is 1. The third-order valence-corrected chi connectivity index (χ3v) is 6.02. The van der Waals surface area contributed by atoms with Gasteiger partial charge in [-0.3, -0.25) is 4.79 Å². The van der Waals surface area contributed by atoms with Crippen LogP contribution in [0.1, 0.15) is 17.0 Å². The van der Waals surface area contributed by atoms with E-state index in [1.165, 1.54) is 11.8 Å². The van der Waals surface area contributed by atoms with Crippen molar-refractivity contribution in [2.24, 2.45) is 0 Å². The molecule has 0 aliphatic heterocycles. The van der Waals surface area contributed by atoms with Crippen molar-refractivity contribution in [3.8, 4) is 11.5 Å². The predicted molar refractivity (Wildman–Crippen MR) is 137 cm³/mol. The molecular weight excluding hydrogens is 444 g/mol. The molecule has 0 aliphatic rings. The van der Waals surface area contributed by atoms with Gasteiger partial charge in [0, 0.05) is 13.0 Å². The number of para-hydroxylation sites is 2. The van der Waals surface area contributed by atoms with Gasteiger partial charge in [0.1, 0.15) is 11.6 Å². The van der Waals surface area contributed by atoms with E-state index in [4.69, 9.17) is 4.74 Å². The normalized spacial score (nSPS) is 10.6. The zero-order valence-corrected chi connectivity index (χ0v) is 19.8. The maximum Gasteiger partial charge on any atom is 0.234 e. The number of benzene rings is 3. The highest BCUT2D eigenvalue weighted by atomic mass is 32.2. The third-order valence-electron chi connectivity index (χ3n) is 5.05. The maximum atomic E-state index is 12.7. The Balaban J connectivity index is 1.41. The van der Waals surface area contributed by atoms with Gasteiger partial charge in [0.05, 0.1) is 11.4 Å². The minimum Gasteiger partial charge on any atom is -0.455 e. The van der Waals surface area contributed by atoms with Crippen LogP contribution in [-0.2, 0) is 17.8 Å². The Labute approximate surface area is 203 Å². The molecule has 1 aromatic heterocycles. The predicted octanol–water partition coefficient (Wildman–Crippen LogP) is 5.89. The molecule has 34 heavy (non-hydrogen) atoms. The first-order valence-corrected chi connectivity index (χ1v) is 11.9. The smallest absolute Gasteiger partial charge is 0.234 e. The van der Waals surface area contributed by atoms with Crippen molar-refractivity contribution in [3.63, 3.8) is 0 Å². The summed E-state index contributed by atoms with van der Waals surface area (Å²) in [6.07, 6.45) is 2.47. The Hall–Kier alpha value is -3.84. The van der Waals surface area contributed by atoms with E-state index in [0.717, 1.165) is 17.0 Å². The number of amides is 1. The maximum absolute atomic E-state index is 12.7. The number of carbonyl (C=O) groups excluding carboxylic acids is 1. The van der Waals surface area contributed by atoms with E-state index in [1.807, 2.05) is 78.2 Å². The van der Waals surface area contributed by atoms with Gasteiger partial charge in [-0.2, -0.15) is 0 Å². The van der Waals surface area contributed by atoms with Crippen LogP contribution in [0.25, 0.3) is 0 Å². The molecule has 0 radical (unpaired) electrons. The molecule has 4 aromatic rings. The standard InChI is InChI=1S/C27H26N4O2S/c1-3-17-31-25(18-21-9-5-4-6-10-21)29-30-27(31)34-19-26(32)28-23-11-7-8-12-24(23)33-22-15-13-20(2)14-16-22/h3-16H,1,17-19H2,2H3,(H,28,32). The Morgan fingerprint density at radius 3 is 2.53 bits per heavy atom. The van der Waals surface area contributed by atoms with Gasteiger partial charge in [-0.1, -0.05) is 78.0 Å². The summed E-state index contributed by atoms with van der Waals surface area (Å²) in [5.41, 5.74) is 2.92. The van der Waals surface area contributed by atoms with Gasteiger partial charge in [-0.05, 0) is 36.8 Å². The van der Waals surface area contributed by atoms with E-state index in [0.29, 0.717) is 35.3 Å². The van der Waals surface area contributed by atoms with Crippen LogP contribution in [0.2, 0.25) is 0 Å². The molecule has 6 nitrogen and oxygen atoms in total. The molecule has 3 aromatic carbocycles. The van der Waals surface area contributed by atoms with Crippen LogP contribution in [0.15, 0.2) is 96.7 Å². The molecule has 0 aliphatic carbocycles. The second kappa shape index (κ2) is 11.3. The zero-order valence-electron chi connectivity index (χ0n) is 19.0. The van der Waals surface area contributed by atoms with Gasteiger partial charge >= 0.3 is 0 Å². The summed E-state index contributed by atoms with van der Waals surface area (Å²) >= 11 is 1.35. The quantitative estimate of drug-likeness (QED) is 0.231. The number of nitrogens with zero attached hydrogens (tertiary/aromatic N) is 3. The Bertz CT molecular complexity index is 1250. The first-order valence-electron chi connectivity index (χ1n) is 11.0. The lowest BCUT2D eigenvalue weighted by Crippen LogP contribution is -2.15. The molecule has 0 saturated carbocycles. The van der Waals surface area contributed by atoms with E-state index in [2.05, 4.69) is 34.2 Å². The fraction of sp³-hybridized carbons (Fsp3) is 0.148. The molecule has 0 atom stereocenters. The van der Waals surface area contributed by atoms with Crippen LogP contribution < -0.4 is 10.1 Å². The Kier molecular flexibility index (Phi) is 7.78. The number of hydrogen-bond donors (Lipinski definition) is 1. The van der Waals surface area contributed by atoms with Gasteiger partial charge in [0.25, 0.3) is 0 Å². The van der Waals surface area contributed by atoms with Crippen LogP contribution >= 0.6 is 11.8 Å². The van der Waals surface area contributed by atoms with E-state index in [9.17, 15) is 4.79 Å². The number of carbonyl (C=O) groups is 1. The average Bonchev–Trinajstić information content (AvgIpc) is 3.22. The fourth-order valence-electron chi connectivity index (χ4n) is 3.36. The lowest BCUT2D eigenvalue weighted by Gasteiger charge is -2.12. The Morgan fingerprint density at radius 1 is 1.03 bits per heavy atom. The number of aromatic nitrogens is 3. The molecule has 0 unspecified atom stereocenters. The van der Waals surface area contributed by atoms with Crippen molar-refractivity contribution in [1.82, 2.24) is 14.8 Å². The molecule has 0 saturated heterocycles. The monoisotopic (exact) mass is 470 g/mol. The zero-order chi connectivity index (χ0) is 23.8. The molecule has 4 rings (SSSR count). The highest BCUT2D eigenvalue weighted by molar-refractivity contribution is 7.99. The number of rotatable bonds is 10. The summed E-state index contributed by atoms with van der Waals surface area (Å²) in [4.78, 5) is 12.7. The largest absolute Gasteiger partial charge is 0.455 e. The van der Waals surface area contributed by atoms with Gasteiger partial charge in [0.15, 0.2) is 10.9 Å². The summed E-state index contributed by atoms with van der Waals surface area (Å²) < 4.78 is 7.97. The first kappa shape index (κ1) is 23.3.